The summed E-state index contributed by atoms with van der Waals surface area (Å²) in [5, 5.41) is 4.47. The molecule has 0 saturated carbocycles. The third-order valence-corrected chi connectivity index (χ3v) is 4.28. The minimum atomic E-state index is 0.474. The lowest BCUT2D eigenvalue weighted by molar-refractivity contribution is 0.289. The van der Waals surface area contributed by atoms with Gasteiger partial charge in [0.25, 0.3) is 0 Å². The van der Waals surface area contributed by atoms with Gasteiger partial charge in [-0.1, -0.05) is 25.1 Å². The van der Waals surface area contributed by atoms with Gasteiger partial charge in [0.05, 0.1) is 15.9 Å². The fourth-order valence-corrected chi connectivity index (χ4v) is 2.93. The monoisotopic (exact) mass is 337 g/mol. The number of rotatable bonds is 5. The number of ether oxygens (including phenoxy) is 1. The van der Waals surface area contributed by atoms with Gasteiger partial charge in [-0.25, -0.2) is 0 Å². The van der Waals surface area contributed by atoms with Crippen molar-refractivity contribution in [3.05, 3.63) is 45.2 Å². The maximum absolute atomic E-state index is 5.99. The highest BCUT2D eigenvalue weighted by Crippen LogP contribution is 2.27. The summed E-state index contributed by atoms with van der Waals surface area (Å²) < 4.78 is 8.89. The van der Waals surface area contributed by atoms with Gasteiger partial charge in [-0.3, -0.25) is 4.68 Å². The van der Waals surface area contributed by atoms with Crippen LogP contribution in [0.4, 0.5) is 0 Å². The van der Waals surface area contributed by atoms with Crippen molar-refractivity contribution in [3.8, 4) is 5.75 Å². The number of halogens is 1. The Labute approximate surface area is 128 Å². The van der Waals surface area contributed by atoms with Crippen LogP contribution in [-0.4, -0.2) is 9.78 Å². The summed E-state index contributed by atoms with van der Waals surface area (Å²) in [4.78, 5) is 0. The largest absolute Gasteiger partial charge is 0.487 e. The highest BCUT2D eigenvalue weighted by molar-refractivity contribution is 9.10. The Morgan fingerprint density at radius 3 is 2.75 bits per heavy atom. The summed E-state index contributed by atoms with van der Waals surface area (Å²) in [7, 11) is 1.93. The molecule has 0 aliphatic carbocycles. The van der Waals surface area contributed by atoms with Crippen molar-refractivity contribution >= 4 is 15.9 Å². The van der Waals surface area contributed by atoms with Crippen LogP contribution in [-0.2, 0) is 26.6 Å². The second-order valence-corrected chi connectivity index (χ2v) is 5.53. The van der Waals surface area contributed by atoms with Gasteiger partial charge in [0.15, 0.2) is 0 Å². The Hall–Kier alpha value is -1.33. The van der Waals surface area contributed by atoms with Crippen LogP contribution in [0.15, 0.2) is 22.7 Å². The van der Waals surface area contributed by atoms with Crippen LogP contribution < -0.4 is 10.5 Å². The third-order valence-electron chi connectivity index (χ3n) is 3.37. The van der Waals surface area contributed by atoms with Crippen LogP contribution >= 0.6 is 15.9 Å². The molecule has 2 rings (SSSR count). The van der Waals surface area contributed by atoms with Crippen molar-refractivity contribution in [1.82, 2.24) is 9.78 Å². The van der Waals surface area contributed by atoms with Crippen molar-refractivity contribution < 1.29 is 4.74 Å². The molecular formula is C15H20BrN3O. The summed E-state index contributed by atoms with van der Waals surface area (Å²) in [6.07, 6.45) is 0.896. The van der Waals surface area contributed by atoms with E-state index in [-0.39, 0.29) is 0 Å². The van der Waals surface area contributed by atoms with Gasteiger partial charge in [0.2, 0.25) is 0 Å². The van der Waals surface area contributed by atoms with E-state index < -0.39 is 0 Å². The highest BCUT2D eigenvalue weighted by Gasteiger charge is 2.14. The molecule has 2 N–H and O–H groups in total. The van der Waals surface area contributed by atoms with E-state index in [9.17, 15) is 0 Å². The van der Waals surface area contributed by atoms with Gasteiger partial charge < -0.3 is 10.5 Å². The molecule has 0 radical (unpaired) electrons. The zero-order chi connectivity index (χ0) is 14.7. The molecule has 2 aromatic rings. The van der Waals surface area contributed by atoms with Gasteiger partial charge in [0.1, 0.15) is 12.4 Å². The molecule has 4 nitrogen and oxygen atoms in total. The second-order valence-electron chi connectivity index (χ2n) is 4.74. The van der Waals surface area contributed by atoms with Gasteiger partial charge in [-0.15, -0.1) is 0 Å². The molecule has 20 heavy (non-hydrogen) atoms. The van der Waals surface area contributed by atoms with Crippen LogP contribution in [0, 0.1) is 6.92 Å². The number of aryl methyl sites for hydroxylation is 3. The number of para-hydroxylation sites is 1. The maximum atomic E-state index is 5.99. The molecule has 0 bridgehead atoms. The molecule has 0 fully saturated rings. The van der Waals surface area contributed by atoms with E-state index >= 15 is 0 Å². The lowest BCUT2D eigenvalue weighted by Gasteiger charge is -2.13. The molecule has 0 spiro atoms. The van der Waals surface area contributed by atoms with Gasteiger partial charge in [-0.2, -0.15) is 5.10 Å². The Morgan fingerprint density at radius 1 is 1.40 bits per heavy atom. The fourth-order valence-electron chi connectivity index (χ4n) is 2.20. The average molecular weight is 338 g/mol. The van der Waals surface area contributed by atoms with Crippen molar-refractivity contribution in [2.45, 2.75) is 33.4 Å². The number of hydrogen-bond acceptors (Lipinski definition) is 3. The van der Waals surface area contributed by atoms with Gasteiger partial charge in [-0.05, 0) is 34.8 Å². The van der Waals surface area contributed by atoms with Crippen LogP contribution in [0.25, 0.3) is 0 Å². The Bertz CT molecular complexity index is 607. The molecule has 0 saturated heterocycles. The van der Waals surface area contributed by atoms with Gasteiger partial charge >= 0.3 is 0 Å². The molecule has 5 heteroatoms. The van der Waals surface area contributed by atoms with Crippen LogP contribution in [0.3, 0.4) is 0 Å². The first-order valence-electron chi connectivity index (χ1n) is 6.70. The molecule has 1 aromatic heterocycles. The van der Waals surface area contributed by atoms with E-state index in [0.29, 0.717) is 13.2 Å². The maximum Gasteiger partial charge on any atom is 0.131 e. The summed E-state index contributed by atoms with van der Waals surface area (Å²) >= 11 is 3.60. The zero-order valence-corrected chi connectivity index (χ0v) is 13.7. The lowest BCUT2D eigenvalue weighted by Crippen LogP contribution is -2.07. The number of nitrogens with two attached hydrogens (primary N) is 1. The number of hydrogen-bond donors (Lipinski definition) is 1. The molecule has 1 heterocycles. The second kappa shape index (κ2) is 6.41. The van der Waals surface area contributed by atoms with Gasteiger partial charge in [0, 0.05) is 19.2 Å². The van der Waals surface area contributed by atoms with E-state index in [0.717, 1.165) is 39.2 Å². The SMILES string of the molecule is CCc1nn(C)c(COc2c(C)cccc2CN)c1Br. The normalized spacial score (nSPS) is 10.8. The van der Waals surface area contributed by atoms with Crippen molar-refractivity contribution in [1.29, 1.82) is 0 Å². The highest BCUT2D eigenvalue weighted by atomic mass is 79.9. The summed E-state index contributed by atoms with van der Waals surface area (Å²) in [5.74, 6) is 0.876. The van der Waals surface area contributed by atoms with Crippen LogP contribution in [0.5, 0.6) is 5.75 Å². The molecule has 0 aliphatic rings. The summed E-state index contributed by atoms with van der Waals surface area (Å²) in [6, 6.07) is 6.03. The minimum Gasteiger partial charge on any atom is -0.487 e. The fraction of sp³-hybridized carbons (Fsp3) is 0.400. The molecule has 0 unspecified atom stereocenters. The quantitative estimate of drug-likeness (QED) is 0.911. The van der Waals surface area contributed by atoms with E-state index in [2.05, 4.69) is 28.0 Å². The summed E-state index contributed by atoms with van der Waals surface area (Å²) in [6.45, 7) is 5.07. The molecule has 108 valence electrons. The first kappa shape index (κ1) is 15.1. The molecule has 0 aliphatic heterocycles. The Kier molecular flexibility index (Phi) is 4.83. The topological polar surface area (TPSA) is 53.1 Å². The van der Waals surface area contributed by atoms with E-state index in [4.69, 9.17) is 10.5 Å². The van der Waals surface area contributed by atoms with Crippen LogP contribution in [0.2, 0.25) is 0 Å². The average Bonchev–Trinajstić information content (AvgIpc) is 2.72. The van der Waals surface area contributed by atoms with Crippen LogP contribution in [0.1, 0.15) is 29.4 Å². The first-order valence-corrected chi connectivity index (χ1v) is 7.49. The van der Waals surface area contributed by atoms with E-state index in [1.807, 2.05) is 36.9 Å². The number of aromatic nitrogens is 2. The van der Waals surface area contributed by atoms with Crippen molar-refractivity contribution in [2.75, 3.05) is 0 Å². The molecule has 0 amide bonds. The lowest BCUT2D eigenvalue weighted by atomic mass is 10.1. The smallest absolute Gasteiger partial charge is 0.131 e. The third kappa shape index (κ3) is 2.88. The predicted octanol–water partition coefficient (Wildman–Crippen LogP) is 3.09. The van der Waals surface area contributed by atoms with Crippen molar-refractivity contribution in [3.63, 3.8) is 0 Å². The minimum absolute atomic E-state index is 0.474. The summed E-state index contributed by atoms with van der Waals surface area (Å²) in [5.41, 5.74) is 9.98. The van der Waals surface area contributed by atoms with E-state index in [1.54, 1.807) is 0 Å². The predicted molar refractivity (Wildman–Crippen MR) is 83.7 cm³/mol. The number of nitrogens with zero attached hydrogens (tertiary/aromatic N) is 2. The molecule has 1 aromatic carbocycles. The first-order chi connectivity index (χ1) is 9.58. The Morgan fingerprint density at radius 2 is 2.15 bits per heavy atom. The number of benzene rings is 1. The zero-order valence-electron chi connectivity index (χ0n) is 12.1. The van der Waals surface area contributed by atoms with E-state index in [1.165, 1.54) is 0 Å². The Balaban J connectivity index is 2.23. The standard InChI is InChI=1S/C15H20BrN3O/c1-4-12-14(16)13(19(3)18-12)9-20-15-10(2)6-5-7-11(15)8-17/h5-7H,4,8-9,17H2,1-3H3. The molecule has 0 atom stereocenters. The molecular weight excluding hydrogens is 318 g/mol. The van der Waals surface area contributed by atoms with Crippen molar-refractivity contribution in [2.24, 2.45) is 12.8 Å².